The number of halogens is 2. The molecule has 0 fully saturated rings. The van der Waals surface area contributed by atoms with Crippen molar-refractivity contribution >= 4 is 40.4 Å². The fraction of sp³-hybridized carbons (Fsp3) is 0.152. The van der Waals surface area contributed by atoms with E-state index in [4.69, 9.17) is 38.7 Å². The first-order valence-corrected chi connectivity index (χ1v) is 13.8. The zero-order chi connectivity index (χ0) is 29.5. The molecule has 0 aliphatic rings. The van der Waals surface area contributed by atoms with Gasteiger partial charge in [-0.1, -0.05) is 72.3 Å². The van der Waals surface area contributed by atoms with E-state index < -0.39 is 5.97 Å². The fourth-order valence-corrected chi connectivity index (χ4v) is 4.86. The van der Waals surface area contributed by atoms with Crippen molar-refractivity contribution < 1.29 is 14.6 Å². The number of imidazole rings is 1. The van der Waals surface area contributed by atoms with Crippen LogP contribution in [0.4, 0.5) is 5.69 Å². The number of rotatable bonds is 11. The van der Waals surface area contributed by atoms with Crippen molar-refractivity contribution in [3.05, 3.63) is 124 Å². The monoisotopic (exact) mass is 587 g/mol. The van der Waals surface area contributed by atoms with Crippen LogP contribution in [0.5, 0.6) is 11.5 Å². The van der Waals surface area contributed by atoms with Gasteiger partial charge in [-0.15, -0.1) is 0 Å². The second-order valence-electron chi connectivity index (χ2n) is 9.41. The smallest absolute Gasteiger partial charge is 0.337 e. The Morgan fingerprint density at radius 3 is 2.27 bits per heavy atom. The van der Waals surface area contributed by atoms with Gasteiger partial charge in [0.25, 0.3) is 0 Å². The number of carboxylic acids is 1. The Morgan fingerprint density at radius 1 is 1.05 bits per heavy atom. The van der Waals surface area contributed by atoms with Gasteiger partial charge in [0.2, 0.25) is 0 Å². The van der Waals surface area contributed by atoms with Crippen molar-refractivity contribution in [3.8, 4) is 22.6 Å². The number of aryl methyl sites for hydroxylation is 1. The molecule has 0 unspecified atom stereocenters. The van der Waals surface area contributed by atoms with Crippen molar-refractivity contribution in [2.24, 2.45) is 0 Å². The lowest BCUT2D eigenvalue weighted by molar-refractivity contribution is 0.0697. The lowest BCUT2D eigenvalue weighted by Crippen LogP contribution is -2.02. The van der Waals surface area contributed by atoms with Crippen molar-refractivity contribution in [2.75, 3.05) is 5.73 Å². The third-order valence-corrected chi connectivity index (χ3v) is 6.90. The lowest BCUT2D eigenvalue weighted by atomic mass is 10.0. The SMILES string of the molecule is C=C(Cl)/C=C(/Cl)C/C(=C\C)c1cn(CC)c(Cc2ccc(-c3ccc(Oc4ccc(N)c(C(=O)O)c4)cc3)cc2)n1. The van der Waals surface area contributed by atoms with Crippen LogP contribution in [0, 0.1) is 0 Å². The van der Waals surface area contributed by atoms with Gasteiger partial charge in [-0.25, -0.2) is 9.78 Å². The van der Waals surface area contributed by atoms with Crippen molar-refractivity contribution in [1.29, 1.82) is 0 Å². The number of ether oxygens (including phenoxy) is 1. The number of nitrogens with two attached hydrogens (primary N) is 1. The second kappa shape index (κ2) is 13.4. The summed E-state index contributed by atoms with van der Waals surface area (Å²) >= 11 is 12.2. The van der Waals surface area contributed by atoms with Crippen LogP contribution in [0.3, 0.4) is 0 Å². The summed E-state index contributed by atoms with van der Waals surface area (Å²) in [5, 5.41) is 10.3. The number of anilines is 1. The van der Waals surface area contributed by atoms with Crippen molar-refractivity contribution in [2.45, 2.75) is 33.2 Å². The van der Waals surface area contributed by atoms with E-state index in [1.165, 1.54) is 12.1 Å². The van der Waals surface area contributed by atoms with Crippen LogP contribution in [-0.4, -0.2) is 20.6 Å². The Kier molecular flexibility index (Phi) is 9.71. The standard InChI is InChI=1S/C33H31Cl2N3O3/c1-4-23(18-26(35)16-21(3)34)31-20-38(5-2)32(37-31)17-22-6-8-24(9-7-22)25-10-12-27(13-11-25)41-28-14-15-30(36)29(19-28)33(39)40/h4,6-16,19-20H,3,5,17-18,36H2,1-2H3,(H,39,40)/b23-4+,26-16+. The Labute approximate surface area is 250 Å². The van der Waals surface area contributed by atoms with Gasteiger partial charge in [0.1, 0.15) is 17.3 Å². The summed E-state index contributed by atoms with van der Waals surface area (Å²) in [6, 6.07) is 20.6. The number of aromatic nitrogens is 2. The van der Waals surface area contributed by atoms with E-state index in [1.54, 1.807) is 12.1 Å². The van der Waals surface area contributed by atoms with Crippen LogP contribution < -0.4 is 10.5 Å². The normalized spacial score (nSPS) is 11.9. The summed E-state index contributed by atoms with van der Waals surface area (Å²) < 4.78 is 7.99. The molecule has 3 N–H and O–H groups in total. The van der Waals surface area contributed by atoms with Gasteiger partial charge in [0, 0.05) is 41.3 Å². The lowest BCUT2D eigenvalue weighted by Gasteiger charge is -2.09. The van der Waals surface area contributed by atoms with Crippen LogP contribution in [-0.2, 0) is 13.0 Å². The first-order valence-electron chi connectivity index (χ1n) is 13.1. The van der Waals surface area contributed by atoms with Gasteiger partial charge in [0.15, 0.2) is 0 Å². The highest BCUT2D eigenvalue weighted by atomic mass is 35.5. The molecule has 0 spiro atoms. The summed E-state index contributed by atoms with van der Waals surface area (Å²) in [6.45, 7) is 8.56. The molecule has 0 aliphatic heterocycles. The van der Waals surface area contributed by atoms with E-state index in [9.17, 15) is 9.90 Å². The molecule has 0 radical (unpaired) electrons. The molecule has 41 heavy (non-hydrogen) atoms. The number of nitrogen functional groups attached to an aromatic ring is 1. The largest absolute Gasteiger partial charge is 0.478 e. The molecule has 4 rings (SSSR count). The van der Waals surface area contributed by atoms with Crippen LogP contribution in [0.15, 0.2) is 102 Å². The predicted molar refractivity (Wildman–Crippen MR) is 168 cm³/mol. The Morgan fingerprint density at radius 2 is 1.68 bits per heavy atom. The zero-order valence-corrected chi connectivity index (χ0v) is 24.4. The molecule has 0 saturated carbocycles. The molecular weight excluding hydrogens is 557 g/mol. The van der Waals surface area contributed by atoms with E-state index in [0.29, 0.717) is 34.4 Å². The number of aromatic carboxylic acids is 1. The maximum Gasteiger partial charge on any atom is 0.337 e. The Hall–Kier alpha value is -4.26. The topological polar surface area (TPSA) is 90.4 Å². The number of benzene rings is 3. The molecule has 4 aromatic rings. The average Bonchev–Trinajstić information content (AvgIpc) is 3.35. The molecule has 0 aliphatic carbocycles. The van der Waals surface area contributed by atoms with Crippen molar-refractivity contribution in [3.63, 3.8) is 0 Å². The summed E-state index contributed by atoms with van der Waals surface area (Å²) in [4.78, 5) is 16.3. The van der Waals surface area contributed by atoms with Gasteiger partial charge in [-0.2, -0.15) is 0 Å². The second-order valence-corrected chi connectivity index (χ2v) is 10.4. The summed E-state index contributed by atoms with van der Waals surface area (Å²) in [6.07, 6.45) is 6.97. The van der Waals surface area contributed by atoms with E-state index in [0.717, 1.165) is 40.3 Å². The first-order chi connectivity index (χ1) is 19.7. The summed E-state index contributed by atoms with van der Waals surface area (Å²) in [5.74, 6) is 0.885. The highest BCUT2D eigenvalue weighted by molar-refractivity contribution is 6.34. The Bertz CT molecular complexity index is 1620. The third-order valence-electron chi connectivity index (χ3n) is 6.54. The number of hydrogen-bond donors (Lipinski definition) is 2. The molecule has 1 aromatic heterocycles. The molecule has 8 heteroatoms. The number of nitrogens with zero attached hydrogens (tertiary/aromatic N) is 2. The van der Waals surface area contributed by atoms with Crippen LogP contribution in [0.1, 0.15) is 47.7 Å². The molecule has 0 saturated heterocycles. The minimum Gasteiger partial charge on any atom is -0.478 e. The third kappa shape index (κ3) is 7.69. The summed E-state index contributed by atoms with van der Waals surface area (Å²) in [5.41, 5.74) is 11.1. The molecular formula is C33H31Cl2N3O3. The molecule has 0 amide bonds. The van der Waals surface area contributed by atoms with E-state index in [2.05, 4.69) is 48.5 Å². The van der Waals surface area contributed by atoms with Crippen LogP contribution >= 0.6 is 23.2 Å². The predicted octanol–water partition coefficient (Wildman–Crippen LogP) is 8.90. The maximum atomic E-state index is 11.3. The minimum atomic E-state index is -1.10. The highest BCUT2D eigenvalue weighted by Crippen LogP contribution is 2.29. The van der Waals surface area contributed by atoms with Crippen molar-refractivity contribution in [1.82, 2.24) is 9.55 Å². The van der Waals surface area contributed by atoms with Gasteiger partial charge in [-0.3, -0.25) is 0 Å². The Balaban J connectivity index is 1.45. The minimum absolute atomic E-state index is 0.00883. The number of carboxylic acid groups (broad SMARTS) is 1. The molecule has 6 nitrogen and oxygen atoms in total. The molecule has 0 atom stereocenters. The molecule has 3 aromatic carbocycles. The van der Waals surface area contributed by atoms with Crippen LogP contribution in [0.2, 0.25) is 0 Å². The van der Waals surface area contributed by atoms with Gasteiger partial charge in [0.05, 0.1) is 11.3 Å². The van der Waals surface area contributed by atoms with Gasteiger partial charge in [-0.05, 0) is 72.5 Å². The zero-order valence-electron chi connectivity index (χ0n) is 22.9. The van der Waals surface area contributed by atoms with E-state index in [1.807, 2.05) is 37.3 Å². The van der Waals surface area contributed by atoms with Gasteiger partial charge < -0.3 is 20.1 Å². The molecule has 1 heterocycles. The van der Waals surface area contributed by atoms with Gasteiger partial charge >= 0.3 is 5.97 Å². The maximum absolute atomic E-state index is 11.3. The number of hydrogen-bond acceptors (Lipinski definition) is 4. The first kappa shape index (κ1) is 29.7. The van der Waals surface area contributed by atoms with Crippen LogP contribution in [0.25, 0.3) is 16.7 Å². The fourth-order valence-electron chi connectivity index (χ4n) is 4.40. The van der Waals surface area contributed by atoms with E-state index >= 15 is 0 Å². The molecule has 0 bridgehead atoms. The highest BCUT2D eigenvalue weighted by Gasteiger charge is 2.13. The molecule has 210 valence electrons. The number of carbonyl (C=O) groups is 1. The quantitative estimate of drug-likeness (QED) is 0.135. The van der Waals surface area contributed by atoms with E-state index in [-0.39, 0.29) is 11.3 Å². The summed E-state index contributed by atoms with van der Waals surface area (Å²) in [7, 11) is 0. The number of allylic oxidation sites excluding steroid dienone is 5. The average molecular weight is 589 g/mol.